The Bertz CT molecular complexity index is 1770. The molecule has 6 aromatic heterocycles. The molecule has 0 fully saturated rings. The number of aromatic amines is 2. The number of hydrogen-bond donors (Lipinski definition) is 3. The first-order valence-corrected chi connectivity index (χ1v) is 12.2. The van der Waals surface area contributed by atoms with Gasteiger partial charge in [0.05, 0.1) is 24.1 Å². The number of H-pyrrole nitrogens is 2. The Kier molecular flexibility index (Phi) is 5.70. The first-order chi connectivity index (χ1) is 17.9. The van der Waals surface area contributed by atoms with Gasteiger partial charge in [-0.25, -0.2) is 9.97 Å². The molecule has 6 heterocycles. The van der Waals surface area contributed by atoms with Gasteiger partial charge in [0.2, 0.25) is 5.91 Å². The molecule has 0 saturated heterocycles. The van der Waals surface area contributed by atoms with Gasteiger partial charge in [0.25, 0.3) is 0 Å². The fourth-order valence-electron chi connectivity index (χ4n) is 4.25. The van der Waals surface area contributed by atoms with Crippen molar-refractivity contribution in [2.45, 2.75) is 0 Å². The summed E-state index contributed by atoms with van der Waals surface area (Å²) in [5.74, 6) is -0.119. The molecule has 0 atom stereocenters. The van der Waals surface area contributed by atoms with Crippen LogP contribution in [0.5, 0.6) is 0 Å². The number of aromatic nitrogens is 6. The van der Waals surface area contributed by atoms with Crippen molar-refractivity contribution in [1.29, 1.82) is 0 Å². The lowest BCUT2D eigenvalue weighted by Gasteiger charge is -2.10. The molecule has 0 saturated carbocycles. The fraction of sp³-hybridized carbons (Fsp3) is 0.115. The van der Waals surface area contributed by atoms with E-state index in [2.05, 4.69) is 35.5 Å². The van der Waals surface area contributed by atoms with Crippen molar-refractivity contribution in [2.75, 3.05) is 26.0 Å². The van der Waals surface area contributed by atoms with Crippen molar-refractivity contribution in [3.05, 3.63) is 66.3 Å². The van der Waals surface area contributed by atoms with Crippen LogP contribution in [-0.4, -0.2) is 61.6 Å². The van der Waals surface area contributed by atoms with Crippen LogP contribution in [0.25, 0.3) is 55.0 Å². The minimum absolute atomic E-state index is 0.119. The number of rotatable bonds is 6. The maximum Gasteiger partial charge on any atom is 0.238 e. The lowest BCUT2D eigenvalue weighted by molar-refractivity contribution is -0.116. The van der Waals surface area contributed by atoms with E-state index >= 15 is 0 Å². The lowest BCUT2D eigenvalue weighted by atomic mass is 10.1. The van der Waals surface area contributed by atoms with Crippen LogP contribution in [0, 0.1) is 5.13 Å². The Hall–Kier alpha value is -4.48. The maximum absolute atomic E-state index is 13.7. The lowest BCUT2D eigenvalue weighted by Crippen LogP contribution is -2.27. The minimum atomic E-state index is -0.233. The molecule has 0 radical (unpaired) electrons. The van der Waals surface area contributed by atoms with Gasteiger partial charge >= 0.3 is 0 Å². The number of amides is 1. The Balaban J connectivity index is 1.38. The summed E-state index contributed by atoms with van der Waals surface area (Å²) in [6.07, 6.45) is 6.78. The molecule has 0 bridgehead atoms. The molecule has 0 aromatic carbocycles. The predicted octanol–water partition coefficient (Wildman–Crippen LogP) is 4.93. The third kappa shape index (κ3) is 4.46. The fourth-order valence-corrected chi connectivity index (χ4v) is 5.02. The number of likely N-dealkylation sites (N-methyl/N-ethyl adjacent to an activating group) is 1. The largest absolute Gasteiger partial charge is 0.338 e. The third-order valence-electron chi connectivity index (χ3n) is 5.86. The molecule has 11 heteroatoms. The van der Waals surface area contributed by atoms with Crippen LogP contribution in [0.1, 0.15) is 0 Å². The number of pyridine rings is 3. The zero-order valence-electron chi connectivity index (χ0n) is 19.9. The van der Waals surface area contributed by atoms with Crippen LogP contribution in [0.15, 0.2) is 61.2 Å². The first kappa shape index (κ1) is 23.0. The molecule has 9 nitrogen and oxygen atoms in total. The summed E-state index contributed by atoms with van der Waals surface area (Å²) in [4.78, 5) is 31.4. The summed E-state index contributed by atoms with van der Waals surface area (Å²) < 4.78 is 13.7. The Labute approximate surface area is 214 Å². The van der Waals surface area contributed by atoms with Gasteiger partial charge in [-0.3, -0.25) is 14.9 Å². The van der Waals surface area contributed by atoms with Crippen LogP contribution in [-0.2, 0) is 4.79 Å². The van der Waals surface area contributed by atoms with Gasteiger partial charge in [0.15, 0.2) is 10.8 Å². The molecule has 0 aliphatic heterocycles. The Morgan fingerprint density at radius 1 is 1.03 bits per heavy atom. The molecule has 1 amide bonds. The number of fused-ring (bicyclic) bond motifs is 2. The van der Waals surface area contributed by atoms with Gasteiger partial charge in [-0.1, -0.05) is 0 Å². The van der Waals surface area contributed by atoms with Gasteiger partial charge < -0.3 is 15.2 Å². The van der Waals surface area contributed by atoms with E-state index in [1.165, 1.54) is 6.07 Å². The molecule has 0 unspecified atom stereocenters. The minimum Gasteiger partial charge on any atom is -0.338 e. The number of nitrogens with zero attached hydrogens (tertiary/aromatic N) is 5. The molecule has 0 spiro atoms. The topological polar surface area (TPSA) is 115 Å². The van der Waals surface area contributed by atoms with Crippen LogP contribution < -0.4 is 5.32 Å². The standard InChI is InChI=1S/C26H21FN8OS/c1-35(2)13-23(36)31-16-7-14(10-28-12-16)15-8-19-24(33-34-26(19)30-11-15)20-9-18-17(5-6-29-25(18)32-20)21-3-4-22(27)37-21/h3-12H,13H2,1-2H3,(H,29,32)(H,31,36)(H,30,33,34). The summed E-state index contributed by atoms with van der Waals surface area (Å²) in [6, 6.07) is 10.9. The van der Waals surface area contributed by atoms with E-state index in [1.54, 1.807) is 35.8 Å². The second-order valence-electron chi connectivity index (χ2n) is 8.85. The highest BCUT2D eigenvalue weighted by atomic mass is 32.1. The highest BCUT2D eigenvalue weighted by Crippen LogP contribution is 2.36. The van der Waals surface area contributed by atoms with Gasteiger partial charge in [-0.05, 0) is 50.5 Å². The van der Waals surface area contributed by atoms with Crippen LogP contribution in [0.3, 0.4) is 0 Å². The number of carbonyl (C=O) groups is 1. The summed E-state index contributed by atoms with van der Waals surface area (Å²) in [5, 5.41) is 11.8. The van der Waals surface area contributed by atoms with E-state index in [9.17, 15) is 9.18 Å². The summed E-state index contributed by atoms with van der Waals surface area (Å²) in [5.41, 5.74) is 5.92. The normalized spacial score (nSPS) is 11.6. The van der Waals surface area contributed by atoms with Crippen LogP contribution in [0.2, 0.25) is 0 Å². The highest BCUT2D eigenvalue weighted by Gasteiger charge is 2.16. The molecular formula is C26H21FN8OS. The van der Waals surface area contributed by atoms with Crippen molar-refractivity contribution in [1.82, 2.24) is 35.0 Å². The molecule has 37 heavy (non-hydrogen) atoms. The number of hydrogen-bond acceptors (Lipinski definition) is 7. The van der Waals surface area contributed by atoms with Gasteiger partial charge in [0, 0.05) is 50.9 Å². The first-order valence-electron chi connectivity index (χ1n) is 11.4. The van der Waals surface area contributed by atoms with Gasteiger partial charge in [0.1, 0.15) is 11.3 Å². The van der Waals surface area contributed by atoms with Crippen LogP contribution in [0.4, 0.5) is 10.1 Å². The summed E-state index contributed by atoms with van der Waals surface area (Å²) in [7, 11) is 3.67. The Morgan fingerprint density at radius 2 is 1.89 bits per heavy atom. The molecule has 3 N–H and O–H groups in total. The number of anilines is 1. The molecular weight excluding hydrogens is 491 g/mol. The van der Waals surface area contributed by atoms with E-state index in [0.29, 0.717) is 22.7 Å². The highest BCUT2D eigenvalue weighted by molar-refractivity contribution is 7.14. The molecule has 6 rings (SSSR count). The average Bonchev–Trinajstić information content (AvgIpc) is 3.60. The van der Waals surface area contributed by atoms with Gasteiger partial charge in [-0.15, -0.1) is 11.3 Å². The zero-order chi connectivity index (χ0) is 25.5. The van der Waals surface area contributed by atoms with E-state index < -0.39 is 0 Å². The van der Waals surface area contributed by atoms with Crippen molar-refractivity contribution < 1.29 is 9.18 Å². The second kappa shape index (κ2) is 9.19. The number of thiophene rings is 1. The molecule has 0 aliphatic rings. The van der Waals surface area contributed by atoms with Crippen molar-refractivity contribution >= 4 is 45.0 Å². The van der Waals surface area contributed by atoms with Crippen molar-refractivity contribution in [3.8, 4) is 33.0 Å². The number of carbonyl (C=O) groups excluding carboxylic acids is 1. The molecule has 6 aromatic rings. The van der Waals surface area contributed by atoms with E-state index in [-0.39, 0.29) is 17.6 Å². The maximum atomic E-state index is 13.7. The monoisotopic (exact) mass is 512 g/mol. The van der Waals surface area contributed by atoms with Crippen LogP contribution >= 0.6 is 11.3 Å². The average molecular weight is 513 g/mol. The molecule has 184 valence electrons. The van der Waals surface area contributed by atoms with Crippen molar-refractivity contribution in [3.63, 3.8) is 0 Å². The second-order valence-corrected chi connectivity index (χ2v) is 9.88. The zero-order valence-corrected chi connectivity index (χ0v) is 20.7. The summed E-state index contributed by atoms with van der Waals surface area (Å²) >= 11 is 1.10. The summed E-state index contributed by atoms with van der Waals surface area (Å²) in [6.45, 7) is 0.276. The van der Waals surface area contributed by atoms with Gasteiger partial charge in [-0.2, -0.15) is 9.49 Å². The number of nitrogens with one attached hydrogen (secondary N) is 3. The smallest absolute Gasteiger partial charge is 0.238 e. The SMILES string of the molecule is CN(C)CC(=O)Nc1cncc(-c2cnc3[nH]nc(-c4cc5c(-c6ccc(F)s6)ccnc5[nH]4)c3c2)c1. The van der Waals surface area contributed by atoms with E-state index in [0.717, 1.165) is 49.4 Å². The van der Waals surface area contributed by atoms with E-state index in [4.69, 9.17) is 0 Å². The third-order valence-corrected chi connectivity index (χ3v) is 6.76. The number of halogens is 1. The van der Waals surface area contributed by atoms with Crippen molar-refractivity contribution in [2.24, 2.45) is 0 Å². The molecule has 0 aliphatic carbocycles. The Morgan fingerprint density at radius 3 is 2.70 bits per heavy atom. The predicted molar refractivity (Wildman–Crippen MR) is 143 cm³/mol. The quantitative estimate of drug-likeness (QED) is 0.291. The van der Waals surface area contributed by atoms with E-state index in [1.807, 2.05) is 38.4 Å².